The molecule has 1 aromatic heterocycles. The lowest BCUT2D eigenvalue weighted by atomic mass is 10.2. The zero-order chi connectivity index (χ0) is 14.7. The summed E-state index contributed by atoms with van der Waals surface area (Å²) in [5.74, 6) is -0.663. The molecule has 0 radical (unpaired) electrons. The van der Waals surface area contributed by atoms with E-state index in [1.165, 1.54) is 12.1 Å². The zero-order valence-electron chi connectivity index (χ0n) is 10.4. The Kier molecular flexibility index (Phi) is 4.57. The highest BCUT2D eigenvalue weighted by Crippen LogP contribution is 2.22. The van der Waals surface area contributed by atoms with E-state index in [1.807, 2.05) is 0 Å². The van der Waals surface area contributed by atoms with Crippen LogP contribution in [0.25, 0.3) is 0 Å². The number of pyridine rings is 1. The zero-order valence-corrected chi connectivity index (χ0v) is 12.7. The van der Waals surface area contributed by atoms with Gasteiger partial charge in [-0.1, -0.05) is 11.6 Å². The van der Waals surface area contributed by atoms with Gasteiger partial charge in [0, 0.05) is 22.7 Å². The number of halogens is 3. The van der Waals surface area contributed by atoms with Gasteiger partial charge in [0.1, 0.15) is 11.6 Å². The molecule has 4 nitrogen and oxygen atoms in total. The van der Waals surface area contributed by atoms with Crippen molar-refractivity contribution >= 4 is 44.9 Å². The molecule has 1 heterocycles. The summed E-state index contributed by atoms with van der Waals surface area (Å²) in [4.78, 5) is 16.2. The van der Waals surface area contributed by atoms with E-state index in [4.69, 9.17) is 11.6 Å². The Balaban J connectivity index is 2.30. The van der Waals surface area contributed by atoms with Gasteiger partial charge in [0.05, 0.1) is 11.3 Å². The molecule has 0 saturated carbocycles. The number of anilines is 2. The minimum Gasteiger partial charge on any atom is -0.372 e. The fourth-order valence-electron chi connectivity index (χ4n) is 1.59. The highest BCUT2D eigenvalue weighted by atomic mass is 79.9. The number of benzene rings is 1. The van der Waals surface area contributed by atoms with Gasteiger partial charge in [-0.2, -0.15) is 0 Å². The van der Waals surface area contributed by atoms with Crippen LogP contribution in [0.5, 0.6) is 0 Å². The molecule has 0 bridgehead atoms. The van der Waals surface area contributed by atoms with Crippen LogP contribution in [-0.4, -0.2) is 17.9 Å². The van der Waals surface area contributed by atoms with Gasteiger partial charge in [-0.15, -0.1) is 0 Å². The van der Waals surface area contributed by atoms with Crippen molar-refractivity contribution in [1.29, 1.82) is 0 Å². The third-order valence-corrected chi connectivity index (χ3v) is 3.18. The Morgan fingerprint density at radius 2 is 2.15 bits per heavy atom. The average Bonchev–Trinajstić information content (AvgIpc) is 2.41. The summed E-state index contributed by atoms with van der Waals surface area (Å²) in [5, 5.41) is 5.55. The number of nitrogens with zero attached hydrogens (tertiary/aromatic N) is 1. The second-order valence-electron chi connectivity index (χ2n) is 3.88. The maximum absolute atomic E-state index is 13.6. The van der Waals surface area contributed by atoms with E-state index in [1.54, 1.807) is 19.3 Å². The Morgan fingerprint density at radius 1 is 1.40 bits per heavy atom. The number of carbonyl (C=O) groups excluding carboxylic acids is 1. The fourth-order valence-corrected chi connectivity index (χ4v) is 2.08. The first-order valence-electron chi connectivity index (χ1n) is 5.61. The van der Waals surface area contributed by atoms with Gasteiger partial charge < -0.3 is 10.6 Å². The van der Waals surface area contributed by atoms with Gasteiger partial charge in [0.25, 0.3) is 5.91 Å². The van der Waals surface area contributed by atoms with Gasteiger partial charge in [0.2, 0.25) is 0 Å². The molecule has 2 aromatic rings. The standard InChI is InChI=1S/C13H10BrClFN3O/c1-17-12-9(4-7(14)6-18-12)13(20)19-11-3-2-8(15)5-10(11)16/h2-6H,1H3,(H,17,18)(H,19,20). The van der Waals surface area contributed by atoms with Crippen LogP contribution in [0, 0.1) is 5.82 Å². The van der Waals surface area contributed by atoms with Crippen LogP contribution in [0.3, 0.4) is 0 Å². The van der Waals surface area contributed by atoms with E-state index in [2.05, 4.69) is 31.5 Å². The normalized spacial score (nSPS) is 10.2. The van der Waals surface area contributed by atoms with Crippen molar-refractivity contribution in [3.8, 4) is 0 Å². The van der Waals surface area contributed by atoms with Crippen molar-refractivity contribution in [2.75, 3.05) is 17.7 Å². The van der Waals surface area contributed by atoms with Crippen molar-refractivity contribution in [3.63, 3.8) is 0 Å². The van der Waals surface area contributed by atoms with Gasteiger partial charge in [0.15, 0.2) is 0 Å². The number of aromatic nitrogens is 1. The molecule has 2 rings (SSSR count). The topological polar surface area (TPSA) is 54.0 Å². The van der Waals surface area contributed by atoms with Crippen molar-refractivity contribution < 1.29 is 9.18 Å². The SMILES string of the molecule is CNc1ncc(Br)cc1C(=O)Nc1ccc(Cl)cc1F. The van der Waals surface area contributed by atoms with Gasteiger partial charge in [-0.05, 0) is 40.2 Å². The summed E-state index contributed by atoms with van der Waals surface area (Å²) < 4.78 is 14.3. The number of hydrogen-bond donors (Lipinski definition) is 2. The Bertz CT molecular complexity index is 666. The van der Waals surface area contributed by atoms with Gasteiger partial charge in [-0.3, -0.25) is 4.79 Å². The molecule has 0 aliphatic heterocycles. The molecule has 0 aliphatic rings. The van der Waals surface area contributed by atoms with Crippen molar-refractivity contribution in [2.45, 2.75) is 0 Å². The van der Waals surface area contributed by atoms with Crippen molar-refractivity contribution in [3.05, 3.63) is 51.3 Å². The maximum atomic E-state index is 13.6. The van der Waals surface area contributed by atoms with Crippen LogP contribution >= 0.6 is 27.5 Å². The second-order valence-corrected chi connectivity index (χ2v) is 5.23. The van der Waals surface area contributed by atoms with Crippen LogP contribution in [0.2, 0.25) is 5.02 Å². The largest absolute Gasteiger partial charge is 0.372 e. The smallest absolute Gasteiger partial charge is 0.259 e. The van der Waals surface area contributed by atoms with Crippen LogP contribution in [-0.2, 0) is 0 Å². The van der Waals surface area contributed by atoms with Crippen LogP contribution in [0.4, 0.5) is 15.9 Å². The van der Waals surface area contributed by atoms with Crippen LogP contribution in [0.15, 0.2) is 34.9 Å². The number of carbonyl (C=O) groups is 1. The molecule has 0 fully saturated rings. The number of hydrogen-bond acceptors (Lipinski definition) is 3. The first kappa shape index (κ1) is 14.7. The number of rotatable bonds is 3. The molecule has 0 unspecified atom stereocenters. The molecular weight excluding hydrogens is 349 g/mol. The van der Waals surface area contributed by atoms with E-state index in [0.717, 1.165) is 6.07 Å². The number of amides is 1. The van der Waals surface area contributed by atoms with Crippen molar-refractivity contribution in [2.24, 2.45) is 0 Å². The molecule has 0 spiro atoms. The quantitative estimate of drug-likeness (QED) is 0.874. The lowest BCUT2D eigenvalue weighted by Crippen LogP contribution is -2.15. The third-order valence-electron chi connectivity index (χ3n) is 2.52. The molecular formula is C13H10BrClFN3O. The lowest BCUT2D eigenvalue weighted by molar-refractivity contribution is 0.102. The number of nitrogens with one attached hydrogen (secondary N) is 2. The highest BCUT2D eigenvalue weighted by molar-refractivity contribution is 9.10. The summed E-state index contributed by atoms with van der Waals surface area (Å²) >= 11 is 8.90. The summed E-state index contributed by atoms with van der Waals surface area (Å²) in [6.07, 6.45) is 1.56. The van der Waals surface area contributed by atoms with E-state index in [9.17, 15) is 9.18 Å². The summed E-state index contributed by atoms with van der Waals surface area (Å²) in [7, 11) is 1.65. The van der Waals surface area contributed by atoms with Gasteiger partial charge >= 0.3 is 0 Å². The summed E-state index contributed by atoms with van der Waals surface area (Å²) in [6, 6.07) is 5.63. The molecule has 0 saturated heterocycles. The van der Waals surface area contributed by atoms with E-state index in [0.29, 0.717) is 15.9 Å². The Hall–Kier alpha value is -1.66. The summed E-state index contributed by atoms with van der Waals surface area (Å²) in [5.41, 5.74) is 0.359. The first-order chi connectivity index (χ1) is 9.51. The van der Waals surface area contributed by atoms with E-state index < -0.39 is 11.7 Å². The highest BCUT2D eigenvalue weighted by Gasteiger charge is 2.14. The van der Waals surface area contributed by atoms with E-state index in [-0.39, 0.29) is 10.7 Å². The average molecular weight is 359 g/mol. The Labute approximate surface area is 128 Å². The minimum atomic E-state index is -0.597. The monoisotopic (exact) mass is 357 g/mol. The molecule has 20 heavy (non-hydrogen) atoms. The van der Waals surface area contributed by atoms with E-state index >= 15 is 0 Å². The minimum absolute atomic E-state index is 0.0569. The predicted octanol–water partition coefficient (Wildman–Crippen LogP) is 3.93. The fraction of sp³-hybridized carbons (Fsp3) is 0.0769. The third kappa shape index (κ3) is 3.26. The lowest BCUT2D eigenvalue weighted by Gasteiger charge is -2.10. The van der Waals surface area contributed by atoms with Crippen LogP contribution in [0.1, 0.15) is 10.4 Å². The molecule has 104 valence electrons. The Morgan fingerprint density at radius 3 is 2.80 bits per heavy atom. The molecule has 0 atom stereocenters. The van der Waals surface area contributed by atoms with Gasteiger partial charge in [-0.25, -0.2) is 9.37 Å². The second kappa shape index (κ2) is 6.19. The molecule has 2 N–H and O–H groups in total. The van der Waals surface area contributed by atoms with Crippen LogP contribution < -0.4 is 10.6 Å². The predicted molar refractivity (Wildman–Crippen MR) is 80.8 cm³/mol. The van der Waals surface area contributed by atoms with Crippen molar-refractivity contribution in [1.82, 2.24) is 4.98 Å². The molecule has 0 aliphatic carbocycles. The summed E-state index contributed by atoms with van der Waals surface area (Å²) in [6.45, 7) is 0. The maximum Gasteiger partial charge on any atom is 0.259 e. The molecule has 7 heteroatoms. The first-order valence-corrected chi connectivity index (χ1v) is 6.78. The molecule has 1 aromatic carbocycles. The molecule has 1 amide bonds.